The second kappa shape index (κ2) is 8.62. The zero-order valence-corrected chi connectivity index (χ0v) is 18.1. The Morgan fingerprint density at radius 1 is 1.03 bits per heavy atom. The van der Waals surface area contributed by atoms with Gasteiger partial charge in [0, 0.05) is 23.6 Å². The summed E-state index contributed by atoms with van der Waals surface area (Å²) in [4.78, 5) is 35.3. The van der Waals surface area contributed by atoms with Crippen molar-refractivity contribution in [2.75, 3.05) is 0 Å². The SMILES string of the molecule is Cc1noc(-c2cc3cc(-c4ccnc(C(=O)NCc5ccc(C(=O)O)cc5)c4)ccc3[nH]2)n1. The minimum Gasteiger partial charge on any atom is -0.478 e. The molecule has 3 N–H and O–H groups in total. The summed E-state index contributed by atoms with van der Waals surface area (Å²) in [7, 11) is 0. The first-order chi connectivity index (χ1) is 16.5. The van der Waals surface area contributed by atoms with Crippen LogP contribution in [0, 0.1) is 6.92 Å². The molecule has 0 bridgehead atoms. The number of carbonyl (C=O) groups excluding carboxylic acids is 1. The normalized spacial score (nSPS) is 11.0. The third kappa shape index (κ3) is 4.26. The van der Waals surface area contributed by atoms with E-state index in [4.69, 9.17) is 9.63 Å². The van der Waals surface area contributed by atoms with Gasteiger partial charge in [-0.15, -0.1) is 0 Å². The third-order valence-electron chi connectivity index (χ3n) is 5.36. The summed E-state index contributed by atoms with van der Waals surface area (Å²) >= 11 is 0. The third-order valence-corrected chi connectivity index (χ3v) is 5.36. The maximum absolute atomic E-state index is 12.7. The van der Waals surface area contributed by atoms with Crippen LogP contribution in [0.5, 0.6) is 0 Å². The van der Waals surface area contributed by atoms with Crippen LogP contribution >= 0.6 is 0 Å². The summed E-state index contributed by atoms with van der Waals surface area (Å²) in [5.74, 6) is -0.318. The maximum atomic E-state index is 12.7. The monoisotopic (exact) mass is 453 g/mol. The number of benzene rings is 2. The van der Waals surface area contributed by atoms with E-state index in [9.17, 15) is 9.59 Å². The molecule has 2 aromatic carbocycles. The van der Waals surface area contributed by atoms with E-state index in [2.05, 4.69) is 25.4 Å². The standard InChI is InChI=1S/C25H19N5O4/c1-14-28-24(34-30-14)22-12-19-10-17(6-7-20(19)29-22)18-8-9-26-21(11-18)23(31)27-13-15-2-4-16(5-3-15)25(32)33/h2-12,29H,13H2,1H3,(H,27,31)(H,32,33). The summed E-state index contributed by atoms with van der Waals surface area (Å²) in [6.07, 6.45) is 1.60. The molecule has 9 nitrogen and oxygen atoms in total. The molecule has 1 amide bonds. The fourth-order valence-electron chi connectivity index (χ4n) is 3.61. The van der Waals surface area contributed by atoms with Crippen molar-refractivity contribution in [1.82, 2.24) is 25.4 Å². The second-order valence-corrected chi connectivity index (χ2v) is 7.75. The van der Waals surface area contributed by atoms with Gasteiger partial charge in [0.05, 0.1) is 5.56 Å². The molecule has 0 aliphatic rings. The summed E-state index contributed by atoms with van der Waals surface area (Å²) in [6.45, 7) is 2.03. The Bertz CT molecular complexity index is 1520. The summed E-state index contributed by atoms with van der Waals surface area (Å²) in [5.41, 5.74) is 4.72. The quantitative estimate of drug-likeness (QED) is 0.350. The number of carboxylic acid groups (broad SMARTS) is 1. The molecular formula is C25H19N5O4. The second-order valence-electron chi connectivity index (χ2n) is 7.75. The topological polar surface area (TPSA) is 134 Å². The van der Waals surface area contributed by atoms with Gasteiger partial charge in [0.15, 0.2) is 5.82 Å². The first kappa shape index (κ1) is 21.1. The number of fused-ring (bicyclic) bond motifs is 1. The van der Waals surface area contributed by atoms with Crippen molar-refractivity contribution < 1.29 is 19.2 Å². The lowest BCUT2D eigenvalue weighted by Crippen LogP contribution is -2.23. The summed E-state index contributed by atoms with van der Waals surface area (Å²) in [6, 6.07) is 17.8. The van der Waals surface area contributed by atoms with Gasteiger partial charge in [-0.3, -0.25) is 9.78 Å². The zero-order chi connectivity index (χ0) is 23.7. The lowest BCUT2D eigenvalue weighted by molar-refractivity contribution is 0.0696. The molecule has 0 unspecified atom stereocenters. The van der Waals surface area contributed by atoms with E-state index < -0.39 is 5.97 Å². The van der Waals surface area contributed by atoms with Crippen LogP contribution in [0.2, 0.25) is 0 Å². The Morgan fingerprint density at radius 3 is 2.56 bits per heavy atom. The van der Waals surface area contributed by atoms with Crippen molar-refractivity contribution in [2.24, 2.45) is 0 Å². The first-order valence-corrected chi connectivity index (χ1v) is 10.5. The molecular weight excluding hydrogens is 434 g/mol. The molecule has 3 aromatic heterocycles. The fraction of sp³-hybridized carbons (Fsp3) is 0.0800. The number of carboxylic acids is 1. The number of aryl methyl sites for hydroxylation is 1. The van der Waals surface area contributed by atoms with Crippen molar-refractivity contribution in [1.29, 1.82) is 0 Å². The van der Waals surface area contributed by atoms with Crippen LogP contribution < -0.4 is 5.32 Å². The average molecular weight is 453 g/mol. The highest BCUT2D eigenvalue weighted by Crippen LogP contribution is 2.28. The zero-order valence-electron chi connectivity index (χ0n) is 18.1. The highest BCUT2D eigenvalue weighted by atomic mass is 16.5. The van der Waals surface area contributed by atoms with Crippen molar-refractivity contribution >= 4 is 22.8 Å². The number of amides is 1. The molecule has 0 saturated carbocycles. The lowest BCUT2D eigenvalue weighted by Gasteiger charge is -2.07. The Morgan fingerprint density at radius 2 is 1.82 bits per heavy atom. The number of carbonyl (C=O) groups is 2. The molecule has 0 atom stereocenters. The predicted molar refractivity (Wildman–Crippen MR) is 124 cm³/mol. The van der Waals surface area contributed by atoms with Crippen LogP contribution in [-0.4, -0.2) is 37.1 Å². The van der Waals surface area contributed by atoms with Gasteiger partial charge in [0.2, 0.25) is 0 Å². The number of aromatic amines is 1. The van der Waals surface area contributed by atoms with Crippen LogP contribution in [0.25, 0.3) is 33.6 Å². The molecule has 0 aliphatic carbocycles. The smallest absolute Gasteiger partial charge is 0.335 e. The molecule has 34 heavy (non-hydrogen) atoms. The van der Waals surface area contributed by atoms with E-state index in [0.717, 1.165) is 33.3 Å². The van der Waals surface area contributed by atoms with Crippen molar-refractivity contribution in [2.45, 2.75) is 13.5 Å². The van der Waals surface area contributed by atoms with E-state index >= 15 is 0 Å². The van der Waals surface area contributed by atoms with Gasteiger partial charge in [-0.25, -0.2) is 4.79 Å². The van der Waals surface area contributed by atoms with E-state index in [1.54, 1.807) is 31.3 Å². The first-order valence-electron chi connectivity index (χ1n) is 10.5. The van der Waals surface area contributed by atoms with E-state index in [1.165, 1.54) is 12.1 Å². The number of nitrogens with zero attached hydrogens (tertiary/aromatic N) is 3. The lowest BCUT2D eigenvalue weighted by atomic mass is 10.0. The Balaban J connectivity index is 1.33. The van der Waals surface area contributed by atoms with Gasteiger partial charge in [-0.05, 0) is 66.1 Å². The minimum atomic E-state index is -0.990. The number of H-pyrrole nitrogens is 1. The maximum Gasteiger partial charge on any atom is 0.335 e. The van der Waals surface area contributed by atoms with Crippen LogP contribution in [0.1, 0.15) is 32.2 Å². The number of pyridine rings is 1. The van der Waals surface area contributed by atoms with Gasteiger partial charge in [-0.1, -0.05) is 23.4 Å². The van der Waals surface area contributed by atoms with Crippen LogP contribution in [-0.2, 0) is 6.54 Å². The Kier molecular flexibility index (Phi) is 5.35. The fourth-order valence-corrected chi connectivity index (χ4v) is 3.61. The van der Waals surface area contributed by atoms with E-state index in [-0.39, 0.29) is 23.7 Å². The molecule has 0 spiro atoms. The van der Waals surface area contributed by atoms with Gasteiger partial charge in [0.25, 0.3) is 11.8 Å². The van der Waals surface area contributed by atoms with Crippen molar-refractivity contribution in [3.05, 3.63) is 89.5 Å². The van der Waals surface area contributed by atoms with Crippen LogP contribution in [0.15, 0.2) is 71.4 Å². The molecule has 0 radical (unpaired) electrons. The Labute approximate surface area is 193 Å². The number of aromatic nitrogens is 4. The number of rotatable bonds is 6. The van der Waals surface area contributed by atoms with E-state index in [0.29, 0.717) is 11.7 Å². The summed E-state index contributed by atoms with van der Waals surface area (Å²) < 4.78 is 5.24. The largest absolute Gasteiger partial charge is 0.478 e. The van der Waals surface area contributed by atoms with Crippen LogP contribution in [0.4, 0.5) is 0 Å². The van der Waals surface area contributed by atoms with Crippen molar-refractivity contribution in [3.63, 3.8) is 0 Å². The number of aromatic carboxylic acids is 1. The van der Waals surface area contributed by atoms with Gasteiger partial charge >= 0.3 is 5.97 Å². The minimum absolute atomic E-state index is 0.197. The molecule has 9 heteroatoms. The molecule has 5 rings (SSSR count). The number of hydrogen-bond donors (Lipinski definition) is 3. The predicted octanol–water partition coefficient (Wildman–Crippen LogP) is 4.22. The molecule has 5 aromatic rings. The highest BCUT2D eigenvalue weighted by Gasteiger charge is 2.12. The highest BCUT2D eigenvalue weighted by molar-refractivity contribution is 5.94. The summed E-state index contributed by atoms with van der Waals surface area (Å²) in [5, 5.41) is 16.6. The molecule has 3 heterocycles. The molecule has 168 valence electrons. The van der Waals surface area contributed by atoms with Crippen LogP contribution in [0.3, 0.4) is 0 Å². The average Bonchev–Trinajstić information content (AvgIpc) is 3.48. The number of nitrogens with one attached hydrogen (secondary N) is 2. The molecule has 0 aliphatic heterocycles. The molecule has 0 fully saturated rings. The van der Waals surface area contributed by atoms with Gasteiger partial charge in [0.1, 0.15) is 11.4 Å². The Hall–Kier alpha value is -4.79. The number of hydrogen-bond acceptors (Lipinski definition) is 6. The van der Waals surface area contributed by atoms with E-state index in [1.807, 2.05) is 30.3 Å². The van der Waals surface area contributed by atoms with Gasteiger partial charge < -0.3 is 19.9 Å². The van der Waals surface area contributed by atoms with Gasteiger partial charge in [-0.2, -0.15) is 4.98 Å². The molecule has 0 saturated heterocycles. The van der Waals surface area contributed by atoms with Crippen molar-refractivity contribution in [3.8, 4) is 22.7 Å².